The van der Waals surface area contributed by atoms with Crippen LogP contribution in [0.2, 0.25) is 0 Å². The van der Waals surface area contributed by atoms with Gasteiger partial charge in [0.1, 0.15) is 6.10 Å². The van der Waals surface area contributed by atoms with Crippen molar-refractivity contribution in [1.29, 1.82) is 0 Å². The third-order valence-electron chi connectivity index (χ3n) is 6.23. The van der Waals surface area contributed by atoms with Crippen molar-refractivity contribution in [2.75, 3.05) is 13.2 Å². The molecule has 1 aromatic carbocycles. The molecule has 2 heterocycles. The molecule has 2 fully saturated rings. The maximum atomic E-state index is 11.8. The fourth-order valence-electron chi connectivity index (χ4n) is 4.36. The highest BCUT2D eigenvalue weighted by Gasteiger charge is 2.49. The lowest BCUT2D eigenvalue weighted by Crippen LogP contribution is -2.53. The lowest BCUT2D eigenvalue weighted by molar-refractivity contribution is -0.235. The van der Waals surface area contributed by atoms with Crippen molar-refractivity contribution in [2.24, 2.45) is 0 Å². The molecule has 2 saturated heterocycles. The Hall–Kier alpha value is -1.73. The number of allylic oxidation sites excluding steroid dienone is 1. The van der Waals surface area contributed by atoms with E-state index in [0.29, 0.717) is 19.8 Å². The molecule has 2 aliphatic heterocycles. The summed E-state index contributed by atoms with van der Waals surface area (Å²) in [6.07, 6.45) is 4.54. The summed E-state index contributed by atoms with van der Waals surface area (Å²) in [4.78, 5) is 11.8. The summed E-state index contributed by atoms with van der Waals surface area (Å²) in [6.45, 7) is 11.2. The van der Waals surface area contributed by atoms with Gasteiger partial charge in [0.05, 0.1) is 37.6 Å². The maximum Gasteiger partial charge on any atom is 0.330 e. The summed E-state index contributed by atoms with van der Waals surface area (Å²) in [5, 5.41) is 0. The minimum Gasteiger partial charge on any atom is -0.463 e. The van der Waals surface area contributed by atoms with Gasteiger partial charge in [-0.1, -0.05) is 35.9 Å². The van der Waals surface area contributed by atoms with E-state index in [1.165, 1.54) is 0 Å². The van der Waals surface area contributed by atoms with E-state index in [-0.39, 0.29) is 24.3 Å². The van der Waals surface area contributed by atoms with E-state index in [2.05, 4.69) is 19.1 Å². The molecule has 6 nitrogen and oxygen atoms in total. The molecule has 0 aromatic heterocycles. The standard InChI is InChI=1S/C26H38O6/c1-6-28-24(27)16-19(2)12-13-22-21(29-17-20-10-8-7-9-11-20)14-15-26(5,31-22)23-18-30-25(3,4)32-23/h7-11,16,21-23H,6,12-15,17-18H2,1-5H3/b19-16+/t21-,22+,23+,26-/m0/s1. The van der Waals surface area contributed by atoms with Crippen LogP contribution in [-0.2, 0) is 35.1 Å². The highest BCUT2D eigenvalue weighted by Crippen LogP contribution is 2.40. The van der Waals surface area contributed by atoms with E-state index in [0.717, 1.165) is 36.8 Å². The van der Waals surface area contributed by atoms with Crippen molar-refractivity contribution in [2.45, 2.75) is 96.6 Å². The van der Waals surface area contributed by atoms with Crippen LogP contribution >= 0.6 is 0 Å². The quantitative estimate of drug-likeness (QED) is 0.395. The average Bonchev–Trinajstić information content (AvgIpc) is 3.13. The molecule has 0 saturated carbocycles. The Morgan fingerprint density at radius 3 is 2.59 bits per heavy atom. The molecule has 1 aromatic rings. The summed E-state index contributed by atoms with van der Waals surface area (Å²) in [7, 11) is 0. The molecule has 2 aliphatic rings. The van der Waals surface area contributed by atoms with Crippen LogP contribution in [0.25, 0.3) is 0 Å². The Kier molecular flexibility index (Phi) is 8.50. The Balaban J connectivity index is 1.67. The molecular weight excluding hydrogens is 408 g/mol. The molecule has 4 atom stereocenters. The van der Waals surface area contributed by atoms with Crippen molar-refractivity contribution >= 4 is 5.97 Å². The zero-order valence-corrected chi connectivity index (χ0v) is 20.1. The van der Waals surface area contributed by atoms with Crippen LogP contribution in [0, 0.1) is 0 Å². The molecule has 0 bridgehead atoms. The maximum absolute atomic E-state index is 11.8. The first-order chi connectivity index (χ1) is 15.2. The summed E-state index contributed by atoms with van der Waals surface area (Å²) < 4.78 is 30.0. The predicted molar refractivity (Wildman–Crippen MR) is 122 cm³/mol. The van der Waals surface area contributed by atoms with Gasteiger partial charge in [-0.15, -0.1) is 0 Å². The minimum absolute atomic E-state index is 0.0194. The Morgan fingerprint density at radius 2 is 1.94 bits per heavy atom. The number of ether oxygens (including phenoxy) is 5. The monoisotopic (exact) mass is 446 g/mol. The van der Waals surface area contributed by atoms with Gasteiger partial charge >= 0.3 is 5.97 Å². The number of esters is 1. The molecule has 0 amide bonds. The molecule has 6 heteroatoms. The molecule has 0 unspecified atom stereocenters. The highest BCUT2D eigenvalue weighted by molar-refractivity contribution is 5.82. The van der Waals surface area contributed by atoms with Crippen LogP contribution in [0.5, 0.6) is 0 Å². The number of hydrogen-bond donors (Lipinski definition) is 0. The minimum atomic E-state index is -0.591. The van der Waals surface area contributed by atoms with E-state index in [4.69, 9.17) is 23.7 Å². The number of hydrogen-bond acceptors (Lipinski definition) is 6. The zero-order chi connectivity index (χ0) is 23.2. The lowest BCUT2D eigenvalue weighted by atomic mass is 9.85. The van der Waals surface area contributed by atoms with Crippen LogP contribution < -0.4 is 0 Å². The van der Waals surface area contributed by atoms with Gasteiger partial charge in [0.25, 0.3) is 0 Å². The van der Waals surface area contributed by atoms with Crippen molar-refractivity contribution in [1.82, 2.24) is 0 Å². The fraction of sp³-hybridized carbons (Fsp3) is 0.654. The van der Waals surface area contributed by atoms with E-state index in [1.54, 1.807) is 6.08 Å². The molecule has 0 N–H and O–H groups in total. The van der Waals surface area contributed by atoms with E-state index < -0.39 is 11.4 Å². The fourth-order valence-corrected chi connectivity index (χ4v) is 4.36. The van der Waals surface area contributed by atoms with Crippen LogP contribution in [0.4, 0.5) is 0 Å². The van der Waals surface area contributed by atoms with Gasteiger partial charge in [-0.3, -0.25) is 0 Å². The van der Waals surface area contributed by atoms with Crippen molar-refractivity contribution in [3.63, 3.8) is 0 Å². The lowest BCUT2D eigenvalue weighted by Gasteiger charge is -2.45. The van der Waals surface area contributed by atoms with E-state index in [1.807, 2.05) is 45.9 Å². The molecule has 0 aliphatic carbocycles. The number of rotatable bonds is 9. The van der Waals surface area contributed by atoms with Gasteiger partial charge < -0.3 is 23.7 Å². The summed E-state index contributed by atoms with van der Waals surface area (Å²) in [5.74, 6) is -0.887. The van der Waals surface area contributed by atoms with Crippen LogP contribution in [0.15, 0.2) is 42.0 Å². The molecule has 178 valence electrons. The van der Waals surface area contributed by atoms with Gasteiger partial charge in [0.15, 0.2) is 5.79 Å². The van der Waals surface area contributed by atoms with Gasteiger partial charge in [-0.2, -0.15) is 0 Å². The second-order valence-electron chi connectivity index (χ2n) is 9.44. The molecule has 32 heavy (non-hydrogen) atoms. The zero-order valence-electron chi connectivity index (χ0n) is 20.1. The Bertz CT molecular complexity index is 774. The molecule has 0 spiro atoms. The second kappa shape index (κ2) is 10.9. The molecule has 0 radical (unpaired) electrons. The van der Waals surface area contributed by atoms with Gasteiger partial charge in [0.2, 0.25) is 0 Å². The Labute approximate surface area is 192 Å². The third-order valence-corrected chi connectivity index (χ3v) is 6.23. The van der Waals surface area contributed by atoms with Gasteiger partial charge in [-0.25, -0.2) is 4.79 Å². The topological polar surface area (TPSA) is 63.2 Å². The summed E-state index contributed by atoms with van der Waals surface area (Å²) in [6, 6.07) is 10.2. The number of benzene rings is 1. The van der Waals surface area contributed by atoms with Gasteiger partial charge in [-0.05, 0) is 65.9 Å². The first-order valence-electron chi connectivity index (χ1n) is 11.7. The first-order valence-corrected chi connectivity index (χ1v) is 11.7. The first kappa shape index (κ1) is 24.9. The SMILES string of the molecule is CCOC(=O)/C=C(\C)CC[C@H]1O[C@](C)([C@H]2COC(C)(C)O2)CC[C@@H]1OCc1ccccc1. The van der Waals surface area contributed by atoms with Crippen LogP contribution in [-0.4, -0.2) is 48.9 Å². The van der Waals surface area contributed by atoms with Crippen molar-refractivity contribution in [3.8, 4) is 0 Å². The van der Waals surface area contributed by atoms with Crippen LogP contribution in [0.1, 0.15) is 65.9 Å². The van der Waals surface area contributed by atoms with Gasteiger partial charge in [0, 0.05) is 6.08 Å². The summed E-state index contributed by atoms with van der Waals surface area (Å²) in [5.41, 5.74) is 1.68. The highest BCUT2D eigenvalue weighted by atomic mass is 16.8. The van der Waals surface area contributed by atoms with Crippen LogP contribution in [0.3, 0.4) is 0 Å². The number of carbonyl (C=O) groups excluding carboxylic acids is 1. The molecule has 3 rings (SSSR count). The second-order valence-corrected chi connectivity index (χ2v) is 9.44. The van der Waals surface area contributed by atoms with E-state index >= 15 is 0 Å². The van der Waals surface area contributed by atoms with Crippen molar-refractivity contribution < 1.29 is 28.5 Å². The molecular formula is C26H38O6. The predicted octanol–water partition coefficient (Wildman–Crippen LogP) is 4.95. The third kappa shape index (κ3) is 6.88. The average molecular weight is 447 g/mol. The van der Waals surface area contributed by atoms with E-state index in [9.17, 15) is 4.79 Å². The largest absolute Gasteiger partial charge is 0.463 e. The Morgan fingerprint density at radius 1 is 1.19 bits per heavy atom. The normalized spacial score (nSPS) is 30.3. The summed E-state index contributed by atoms with van der Waals surface area (Å²) >= 11 is 0. The smallest absolute Gasteiger partial charge is 0.330 e. The van der Waals surface area contributed by atoms with Crippen molar-refractivity contribution in [3.05, 3.63) is 47.5 Å². The number of carbonyl (C=O) groups is 1.